The number of aromatic nitrogens is 2. The largest absolute Gasteiger partial charge is 0.381 e. The molecular weight excluding hydrogens is 466 g/mol. The average molecular weight is 510 g/mol. The van der Waals surface area contributed by atoms with Gasteiger partial charge >= 0.3 is 0 Å². The van der Waals surface area contributed by atoms with E-state index in [0.717, 1.165) is 88.6 Å². The Bertz CT molecular complexity index is 1030. The lowest BCUT2D eigenvalue weighted by molar-refractivity contribution is -0.116. The summed E-state index contributed by atoms with van der Waals surface area (Å²) in [5, 5.41) is 3.08. The number of rotatable bonds is 6. The summed E-state index contributed by atoms with van der Waals surface area (Å²) < 4.78 is 7.73. The predicted octanol–water partition coefficient (Wildman–Crippen LogP) is 4.31. The molecule has 8 nitrogen and oxygen atoms in total. The van der Waals surface area contributed by atoms with Gasteiger partial charge in [-0.05, 0) is 69.3 Å². The zero-order valence-electron chi connectivity index (χ0n) is 22.6. The molecular formula is C29H43N5O3. The van der Waals surface area contributed by atoms with E-state index in [1.54, 1.807) is 13.1 Å². The second-order valence-corrected chi connectivity index (χ2v) is 10.4. The Kier molecular flexibility index (Phi) is 10.1. The fourth-order valence-electron chi connectivity index (χ4n) is 5.53. The van der Waals surface area contributed by atoms with Gasteiger partial charge in [-0.15, -0.1) is 0 Å². The molecule has 2 aliphatic heterocycles. The maximum Gasteiger partial charge on any atom is 0.251 e. The Morgan fingerprint density at radius 3 is 2.57 bits per heavy atom. The molecule has 0 spiro atoms. The zero-order chi connectivity index (χ0) is 26.0. The Labute approximate surface area is 221 Å². The molecule has 1 saturated heterocycles. The normalized spacial score (nSPS) is 18.5. The van der Waals surface area contributed by atoms with E-state index in [2.05, 4.69) is 19.8 Å². The number of carbonyl (C=O) groups is 2. The molecule has 2 aromatic rings. The number of ether oxygens (including phenoxy) is 1. The van der Waals surface area contributed by atoms with Gasteiger partial charge < -0.3 is 19.5 Å². The number of fused-ring (bicyclic) bond motifs is 1. The minimum atomic E-state index is -0.0664. The number of hydrogen-bond donors (Lipinski definition) is 1. The molecule has 8 heteroatoms. The van der Waals surface area contributed by atoms with Crippen LogP contribution >= 0.6 is 0 Å². The van der Waals surface area contributed by atoms with Crippen molar-refractivity contribution < 1.29 is 14.3 Å². The van der Waals surface area contributed by atoms with Gasteiger partial charge in [-0.1, -0.05) is 19.3 Å². The SMILES string of the molecule is CC(=O)N1CCCCCCCN(C2CCOCC2)Cc2cc(C(=O)NCCCn3ccnc3C)ccc21. The van der Waals surface area contributed by atoms with Gasteiger partial charge in [0.2, 0.25) is 5.91 Å². The number of nitrogens with one attached hydrogen (secondary N) is 1. The molecule has 2 amide bonds. The van der Waals surface area contributed by atoms with E-state index < -0.39 is 0 Å². The summed E-state index contributed by atoms with van der Waals surface area (Å²) in [5.41, 5.74) is 2.65. The molecule has 0 bridgehead atoms. The fraction of sp³-hybridized carbons (Fsp3) is 0.621. The molecule has 37 heavy (non-hydrogen) atoms. The van der Waals surface area contributed by atoms with Crippen LogP contribution in [0.3, 0.4) is 0 Å². The fourth-order valence-corrected chi connectivity index (χ4v) is 5.53. The highest BCUT2D eigenvalue weighted by atomic mass is 16.5. The maximum absolute atomic E-state index is 13.1. The second kappa shape index (κ2) is 13.7. The Morgan fingerprint density at radius 1 is 1.08 bits per heavy atom. The number of amides is 2. The minimum Gasteiger partial charge on any atom is -0.381 e. The number of imidazole rings is 1. The van der Waals surface area contributed by atoms with E-state index in [-0.39, 0.29) is 11.8 Å². The summed E-state index contributed by atoms with van der Waals surface area (Å²) in [6.07, 6.45) is 12.4. The summed E-state index contributed by atoms with van der Waals surface area (Å²) in [6.45, 7) is 9.15. The Morgan fingerprint density at radius 2 is 1.84 bits per heavy atom. The molecule has 0 aliphatic carbocycles. The number of carbonyl (C=O) groups excluding carboxylic acids is 2. The third-order valence-electron chi connectivity index (χ3n) is 7.71. The molecule has 0 radical (unpaired) electrons. The number of nitrogens with zero attached hydrogens (tertiary/aromatic N) is 4. The first-order chi connectivity index (χ1) is 18.0. The molecule has 1 aromatic heterocycles. The third kappa shape index (κ3) is 7.65. The van der Waals surface area contributed by atoms with Crippen LogP contribution in [-0.2, 0) is 22.6 Å². The number of anilines is 1. The molecule has 0 atom stereocenters. The van der Waals surface area contributed by atoms with Crippen molar-refractivity contribution in [3.05, 3.63) is 47.5 Å². The lowest BCUT2D eigenvalue weighted by Gasteiger charge is -2.36. The topological polar surface area (TPSA) is 79.7 Å². The lowest BCUT2D eigenvalue weighted by atomic mass is 10.0. The Hall–Kier alpha value is -2.71. The molecule has 1 N–H and O–H groups in total. The molecule has 1 fully saturated rings. The molecule has 2 aliphatic rings. The monoisotopic (exact) mass is 509 g/mol. The van der Waals surface area contributed by atoms with Gasteiger partial charge in [-0.3, -0.25) is 14.5 Å². The van der Waals surface area contributed by atoms with Crippen LogP contribution in [-0.4, -0.2) is 65.2 Å². The van der Waals surface area contributed by atoms with Gasteiger partial charge in [0.15, 0.2) is 0 Å². The van der Waals surface area contributed by atoms with Gasteiger partial charge in [0.1, 0.15) is 5.82 Å². The van der Waals surface area contributed by atoms with Crippen molar-refractivity contribution in [1.29, 1.82) is 0 Å². The standard InChI is InChI=1S/C29H43N5O3/c1-23-30-14-18-32(23)16-8-13-31-29(36)25-9-10-28-26(21-25)22-33(27-11-19-37-20-12-27)15-6-4-3-5-7-17-34(28)24(2)35/h9-10,14,18,21,27H,3-8,11-13,15-17,19-20,22H2,1-2H3,(H,31,36). The minimum absolute atomic E-state index is 0.0583. The number of aryl methyl sites for hydroxylation is 2. The summed E-state index contributed by atoms with van der Waals surface area (Å²) in [4.78, 5) is 34.5. The zero-order valence-corrected chi connectivity index (χ0v) is 22.6. The highest BCUT2D eigenvalue weighted by Gasteiger charge is 2.25. The van der Waals surface area contributed by atoms with E-state index in [4.69, 9.17) is 4.74 Å². The van der Waals surface area contributed by atoms with Crippen molar-refractivity contribution >= 4 is 17.5 Å². The van der Waals surface area contributed by atoms with E-state index in [1.807, 2.05) is 36.2 Å². The van der Waals surface area contributed by atoms with Crippen LogP contribution in [0.2, 0.25) is 0 Å². The molecule has 4 rings (SSSR count). The van der Waals surface area contributed by atoms with Crippen molar-refractivity contribution in [3.8, 4) is 0 Å². The lowest BCUT2D eigenvalue weighted by Crippen LogP contribution is -2.40. The van der Waals surface area contributed by atoms with Crippen LogP contribution in [0.25, 0.3) is 0 Å². The molecule has 0 unspecified atom stereocenters. The van der Waals surface area contributed by atoms with Crippen molar-refractivity contribution in [2.24, 2.45) is 0 Å². The first-order valence-electron chi connectivity index (χ1n) is 14.0. The van der Waals surface area contributed by atoms with Gasteiger partial charge in [0, 0.05) is 76.0 Å². The highest BCUT2D eigenvalue weighted by Crippen LogP contribution is 2.28. The molecule has 0 saturated carbocycles. The highest BCUT2D eigenvalue weighted by molar-refractivity contribution is 5.97. The van der Waals surface area contributed by atoms with E-state index in [0.29, 0.717) is 18.2 Å². The van der Waals surface area contributed by atoms with Crippen molar-refractivity contribution in [1.82, 2.24) is 19.8 Å². The average Bonchev–Trinajstić information content (AvgIpc) is 3.31. The van der Waals surface area contributed by atoms with Crippen LogP contribution in [0.15, 0.2) is 30.6 Å². The third-order valence-corrected chi connectivity index (χ3v) is 7.71. The van der Waals surface area contributed by atoms with Gasteiger partial charge in [0.05, 0.1) is 0 Å². The molecule has 3 heterocycles. The number of hydrogen-bond acceptors (Lipinski definition) is 5. The van der Waals surface area contributed by atoms with E-state index in [1.165, 1.54) is 19.3 Å². The van der Waals surface area contributed by atoms with Crippen LogP contribution in [0.5, 0.6) is 0 Å². The smallest absolute Gasteiger partial charge is 0.251 e. The second-order valence-electron chi connectivity index (χ2n) is 10.4. The van der Waals surface area contributed by atoms with Gasteiger partial charge in [-0.25, -0.2) is 4.98 Å². The summed E-state index contributed by atoms with van der Waals surface area (Å²) in [5.74, 6) is 0.974. The quantitative estimate of drug-likeness (QED) is 0.587. The van der Waals surface area contributed by atoms with Gasteiger partial charge in [0.25, 0.3) is 5.91 Å². The van der Waals surface area contributed by atoms with Gasteiger partial charge in [-0.2, -0.15) is 0 Å². The van der Waals surface area contributed by atoms with Crippen LogP contribution in [0.1, 0.15) is 80.0 Å². The van der Waals surface area contributed by atoms with E-state index >= 15 is 0 Å². The summed E-state index contributed by atoms with van der Waals surface area (Å²) in [6, 6.07) is 6.33. The Balaban J connectivity index is 1.52. The number of benzene rings is 1. The maximum atomic E-state index is 13.1. The first kappa shape index (κ1) is 27.3. The van der Waals surface area contributed by atoms with Crippen LogP contribution in [0, 0.1) is 6.92 Å². The summed E-state index contributed by atoms with van der Waals surface area (Å²) in [7, 11) is 0. The van der Waals surface area contributed by atoms with Crippen molar-refractivity contribution in [2.75, 3.05) is 37.7 Å². The predicted molar refractivity (Wildman–Crippen MR) is 146 cm³/mol. The van der Waals surface area contributed by atoms with Crippen molar-refractivity contribution in [3.63, 3.8) is 0 Å². The van der Waals surface area contributed by atoms with E-state index in [9.17, 15) is 9.59 Å². The first-order valence-corrected chi connectivity index (χ1v) is 14.0. The van der Waals surface area contributed by atoms with Crippen LogP contribution < -0.4 is 10.2 Å². The molecule has 1 aromatic carbocycles. The van der Waals surface area contributed by atoms with Crippen molar-refractivity contribution in [2.45, 2.75) is 84.3 Å². The molecule has 202 valence electrons. The van der Waals surface area contributed by atoms with Crippen LogP contribution in [0.4, 0.5) is 5.69 Å². The summed E-state index contributed by atoms with van der Waals surface area (Å²) >= 11 is 0.